The summed E-state index contributed by atoms with van der Waals surface area (Å²) in [6.45, 7) is 0.742. The van der Waals surface area contributed by atoms with Crippen molar-refractivity contribution >= 4 is 11.7 Å². The minimum atomic E-state index is -0.216. The molecular weight excluding hydrogens is 202 g/mol. The van der Waals surface area contributed by atoms with Gasteiger partial charge in [0.2, 0.25) is 5.91 Å². The Balaban J connectivity index is 2.02. The molecule has 0 bridgehead atoms. The molecule has 1 aromatic rings. The predicted octanol–water partition coefficient (Wildman–Crippen LogP) is 1.41. The summed E-state index contributed by atoms with van der Waals surface area (Å²) in [7, 11) is 1.88. The molecule has 0 radical (unpaired) electrons. The third kappa shape index (κ3) is 2.07. The monoisotopic (exact) mass is 219 g/mol. The molecule has 1 amide bonds. The van der Waals surface area contributed by atoms with Crippen LogP contribution in [-0.2, 0) is 4.79 Å². The fourth-order valence-corrected chi connectivity index (χ4v) is 2.11. The van der Waals surface area contributed by atoms with Crippen LogP contribution >= 0.6 is 0 Å². The van der Waals surface area contributed by atoms with E-state index in [0.717, 1.165) is 25.8 Å². The van der Waals surface area contributed by atoms with E-state index in [9.17, 15) is 4.79 Å². The summed E-state index contributed by atoms with van der Waals surface area (Å²) < 4.78 is 0. The van der Waals surface area contributed by atoms with Crippen molar-refractivity contribution in [3.05, 3.63) is 24.4 Å². The van der Waals surface area contributed by atoms with Crippen LogP contribution in [0, 0.1) is 5.41 Å². The molecule has 2 N–H and O–H groups in total. The zero-order valence-electron chi connectivity index (χ0n) is 9.49. The lowest BCUT2D eigenvalue weighted by Gasteiger charge is -2.39. The fourth-order valence-electron chi connectivity index (χ4n) is 2.11. The number of carbonyl (C=O) groups is 1. The Kier molecular flexibility index (Phi) is 3.19. The van der Waals surface area contributed by atoms with Gasteiger partial charge in [0.15, 0.2) is 0 Å². The van der Waals surface area contributed by atoms with Crippen LogP contribution in [0.1, 0.15) is 19.3 Å². The summed E-state index contributed by atoms with van der Waals surface area (Å²) in [5.41, 5.74) is -0.216. The topological polar surface area (TPSA) is 54.0 Å². The van der Waals surface area contributed by atoms with Gasteiger partial charge >= 0.3 is 0 Å². The predicted molar refractivity (Wildman–Crippen MR) is 63.1 cm³/mol. The van der Waals surface area contributed by atoms with E-state index in [-0.39, 0.29) is 11.3 Å². The SMILES string of the molecule is CNCC1(C(=O)Nc2ccccn2)CCC1. The lowest BCUT2D eigenvalue weighted by atomic mass is 9.68. The van der Waals surface area contributed by atoms with Crippen LogP contribution in [0.25, 0.3) is 0 Å². The second-order valence-electron chi connectivity index (χ2n) is 4.33. The zero-order chi connectivity index (χ0) is 11.4. The maximum absolute atomic E-state index is 12.1. The number of hydrogen-bond acceptors (Lipinski definition) is 3. The number of pyridine rings is 1. The molecule has 4 heteroatoms. The van der Waals surface area contributed by atoms with E-state index >= 15 is 0 Å². The number of carbonyl (C=O) groups excluding carboxylic acids is 1. The van der Waals surface area contributed by atoms with Crippen molar-refractivity contribution in [3.63, 3.8) is 0 Å². The lowest BCUT2D eigenvalue weighted by Crippen LogP contribution is -2.48. The van der Waals surface area contributed by atoms with Crippen LogP contribution in [0.3, 0.4) is 0 Å². The Morgan fingerprint density at radius 1 is 1.50 bits per heavy atom. The Hall–Kier alpha value is -1.42. The van der Waals surface area contributed by atoms with Crippen molar-refractivity contribution in [3.8, 4) is 0 Å². The van der Waals surface area contributed by atoms with Gasteiger partial charge in [-0.25, -0.2) is 4.98 Å². The molecule has 0 unspecified atom stereocenters. The molecule has 1 aliphatic carbocycles. The van der Waals surface area contributed by atoms with Gasteiger partial charge in [0.25, 0.3) is 0 Å². The van der Waals surface area contributed by atoms with Gasteiger partial charge in [-0.3, -0.25) is 4.79 Å². The molecule has 16 heavy (non-hydrogen) atoms. The molecule has 0 aliphatic heterocycles. The molecule has 1 aromatic heterocycles. The molecule has 0 saturated heterocycles. The number of hydrogen-bond donors (Lipinski definition) is 2. The summed E-state index contributed by atoms with van der Waals surface area (Å²) in [5, 5.41) is 5.98. The third-order valence-corrected chi connectivity index (χ3v) is 3.21. The highest BCUT2D eigenvalue weighted by atomic mass is 16.2. The van der Waals surface area contributed by atoms with E-state index in [1.165, 1.54) is 0 Å². The molecule has 1 fully saturated rings. The first-order valence-corrected chi connectivity index (χ1v) is 5.64. The van der Waals surface area contributed by atoms with Crippen LogP contribution in [0.5, 0.6) is 0 Å². The van der Waals surface area contributed by atoms with Gasteiger partial charge in [-0.2, -0.15) is 0 Å². The van der Waals surface area contributed by atoms with Crippen molar-refractivity contribution in [2.45, 2.75) is 19.3 Å². The minimum Gasteiger partial charge on any atom is -0.319 e. The third-order valence-electron chi connectivity index (χ3n) is 3.21. The highest BCUT2D eigenvalue weighted by Gasteiger charge is 2.43. The highest BCUT2D eigenvalue weighted by molar-refractivity contribution is 5.95. The summed E-state index contributed by atoms with van der Waals surface area (Å²) in [6, 6.07) is 5.51. The quantitative estimate of drug-likeness (QED) is 0.805. The molecule has 0 spiro atoms. The largest absolute Gasteiger partial charge is 0.319 e. The Morgan fingerprint density at radius 3 is 2.81 bits per heavy atom. The van der Waals surface area contributed by atoms with E-state index in [0.29, 0.717) is 5.82 Å². The first kappa shape index (κ1) is 11.1. The molecule has 4 nitrogen and oxygen atoms in total. The summed E-state index contributed by atoms with van der Waals surface area (Å²) in [6.07, 6.45) is 4.75. The van der Waals surface area contributed by atoms with Crippen LogP contribution in [0.4, 0.5) is 5.82 Å². The van der Waals surface area contributed by atoms with Crippen LogP contribution < -0.4 is 10.6 Å². The van der Waals surface area contributed by atoms with E-state index in [1.54, 1.807) is 6.20 Å². The average Bonchev–Trinajstić information content (AvgIpc) is 2.24. The van der Waals surface area contributed by atoms with Gasteiger partial charge in [-0.05, 0) is 32.0 Å². The maximum Gasteiger partial charge on any atom is 0.233 e. The van der Waals surface area contributed by atoms with Crippen LogP contribution in [0.15, 0.2) is 24.4 Å². The van der Waals surface area contributed by atoms with Crippen molar-refractivity contribution in [2.75, 3.05) is 18.9 Å². The van der Waals surface area contributed by atoms with Crippen LogP contribution in [-0.4, -0.2) is 24.5 Å². The number of anilines is 1. The van der Waals surface area contributed by atoms with Crippen molar-refractivity contribution in [1.82, 2.24) is 10.3 Å². The number of rotatable bonds is 4. The highest BCUT2D eigenvalue weighted by Crippen LogP contribution is 2.41. The van der Waals surface area contributed by atoms with Crippen molar-refractivity contribution < 1.29 is 4.79 Å². The summed E-state index contributed by atoms with van der Waals surface area (Å²) >= 11 is 0. The van der Waals surface area contributed by atoms with Gasteiger partial charge in [-0.15, -0.1) is 0 Å². The lowest BCUT2D eigenvalue weighted by molar-refractivity contribution is -0.129. The number of nitrogens with zero attached hydrogens (tertiary/aromatic N) is 1. The van der Waals surface area contributed by atoms with Gasteiger partial charge in [0, 0.05) is 12.7 Å². The first-order valence-electron chi connectivity index (χ1n) is 5.64. The summed E-state index contributed by atoms with van der Waals surface area (Å²) in [4.78, 5) is 16.2. The van der Waals surface area contributed by atoms with E-state index in [4.69, 9.17) is 0 Å². The smallest absolute Gasteiger partial charge is 0.233 e. The van der Waals surface area contributed by atoms with Crippen molar-refractivity contribution in [1.29, 1.82) is 0 Å². The molecular formula is C12H17N3O. The van der Waals surface area contributed by atoms with E-state index in [1.807, 2.05) is 25.2 Å². The number of nitrogens with one attached hydrogen (secondary N) is 2. The standard InChI is InChI=1S/C12H17N3O/c1-13-9-12(6-4-7-12)11(16)15-10-5-2-3-8-14-10/h2-3,5,8,13H,4,6-7,9H2,1H3,(H,14,15,16). The number of aromatic nitrogens is 1. The first-order chi connectivity index (χ1) is 7.77. The van der Waals surface area contributed by atoms with Gasteiger partial charge in [-0.1, -0.05) is 12.5 Å². The summed E-state index contributed by atoms with van der Waals surface area (Å²) in [5.74, 6) is 0.724. The minimum absolute atomic E-state index is 0.0896. The van der Waals surface area contributed by atoms with E-state index in [2.05, 4.69) is 15.6 Å². The molecule has 1 aliphatic rings. The number of amides is 1. The van der Waals surface area contributed by atoms with Crippen molar-refractivity contribution in [2.24, 2.45) is 5.41 Å². The van der Waals surface area contributed by atoms with Gasteiger partial charge < -0.3 is 10.6 Å². The van der Waals surface area contributed by atoms with E-state index < -0.39 is 0 Å². The maximum atomic E-state index is 12.1. The Morgan fingerprint density at radius 2 is 2.31 bits per heavy atom. The molecule has 0 atom stereocenters. The molecule has 0 aromatic carbocycles. The second kappa shape index (κ2) is 4.61. The Bertz CT molecular complexity index is 360. The molecule has 2 rings (SSSR count). The second-order valence-corrected chi connectivity index (χ2v) is 4.33. The Labute approximate surface area is 95.5 Å². The molecule has 1 saturated carbocycles. The molecule has 86 valence electrons. The van der Waals surface area contributed by atoms with Crippen LogP contribution in [0.2, 0.25) is 0 Å². The average molecular weight is 219 g/mol. The normalized spacial score (nSPS) is 17.6. The fraction of sp³-hybridized carbons (Fsp3) is 0.500. The van der Waals surface area contributed by atoms with Gasteiger partial charge in [0.05, 0.1) is 5.41 Å². The molecule has 1 heterocycles. The zero-order valence-corrected chi connectivity index (χ0v) is 9.49. The van der Waals surface area contributed by atoms with Gasteiger partial charge in [0.1, 0.15) is 5.82 Å².